The van der Waals surface area contributed by atoms with Crippen molar-refractivity contribution < 1.29 is 9.53 Å². The Bertz CT molecular complexity index is 442. The van der Waals surface area contributed by atoms with Crippen molar-refractivity contribution in [2.75, 3.05) is 33.4 Å². The third-order valence-electron chi connectivity index (χ3n) is 3.74. The minimum absolute atomic E-state index is 0.0782. The van der Waals surface area contributed by atoms with E-state index in [9.17, 15) is 4.79 Å². The molecule has 1 saturated heterocycles. The summed E-state index contributed by atoms with van der Waals surface area (Å²) in [6.07, 6.45) is 3.05. The molecule has 1 aromatic carbocycles. The highest BCUT2D eigenvalue weighted by molar-refractivity contribution is 5.94. The van der Waals surface area contributed by atoms with Crippen molar-refractivity contribution >= 4 is 5.91 Å². The Hall–Kier alpha value is -1.39. The fourth-order valence-corrected chi connectivity index (χ4v) is 2.67. The lowest BCUT2D eigenvalue weighted by Crippen LogP contribution is -2.35. The van der Waals surface area contributed by atoms with E-state index < -0.39 is 0 Å². The number of carbonyl (C=O) groups excluding carboxylic acids is 1. The van der Waals surface area contributed by atoms with Crippen molar-refractivity contribution in [3.63, 3.8) is 0 Å². The van der Waals surface area contributed by atoms with Gasteiger partial charge in [0.2, 0.25) is 0 Å². The summed E-state index contributed by atoms with van der Waals surface area (Å²) in [5.41, 5.74) is 7.42. The second-order valence-electron chi connectivity index (χ2n) is 5.51. The molecule has 1 aliphatic heterocycles. The lowest BCUT2D eigenvalue weighted by atomic mass is 10.0. The third kappa shape index (κ3) is 4.05. The summed E-state index contributed by atoms with van der Waals surface area (Å²) in [5.74, 6) is 0.541. The number of nitrogens with zero attached hydrogens (tertiary/aromatic N) is 1. The van der Waals surface area contributed by atoms with E-state index in [1.165, 1.54) is 0 Å². The maximum Gasteiger partial charge on any atom is 0.253 e. The summed E-state index contributed by atoms with van der Waals surface area (Å²) in [4.78, 5) is 14.2. The van der Waals surface area contributed by atoms with Crippen molar-refractivity contribution in [1.29, 1.82) is 0 Å². The Labute approximate surface area is 120 Å². The molecule has 4 nitrogen and oxygen atoms in total. The smallest absolute Gasteiger partial charge is 0.253 e. The molecule has 2 rings (SSSR count). The van der Waals surface area contributed by atoms with Gasteiger partial charge in [0.25, 0.3) is 5.91 Å². The fourth-order valence-electron chi connectivity index (χ4n) is 2.67. The van der Waals surface area contributed by atoms with Crippen molar-refractivity contribution in [2.24, 2.45) is 11.7 Å². The Morgan fingerprint density at radius 1 is 1.50 bits per heavy atom. The van der Waals surface area contributed by atoms with Gasteiger partial charge in [-0.3, -0.25) is 4.79 Å². The molecule has 0 saturated carbocycles. The minimum Gasteiger partial charge on any atom is -0.381 e. The van der Waals surface area contributed by atoms with Gasteiger partial charge in [-0.25, -0.2) is 0 Å². The number of benzene rings is 1. The van der Waals surface area contributed by atoms with E-state index in [4.69, 9.17) is 10.5 Å². The summed E-state index contributed by atoms with van der Waals surface area (Å²) in [6, 6.07) is 7.76. The van der Waals surface area contributed by atoms with Gasteiger partial charge >= 0.3 is 0 Å². The van der Waals surface area contributed by atoms with E-state index >= 15 is 0 Å². The van der Waals surface area contributed by atoms with Gasteiger partial charge in [-0.15, -0.1) is 0 Å². The summed E-state index contributed by atoms with van der Waals surface area (Å²) in [7, 11) is 1.87. The number of nitrogens with two attached hydrogens (primary N) is 1. The number of hydrogen-bond donors (Lipinski definition) is 1. The van der Waals surface area contributed by atoms with Crippen molar-refractivity contribution in [3.05, 3.63) is 35.4 Å². The topological polar surface area (TPSA) is 55.6 Å². The van der Waals surface area contributed by atoms with E-state index in [0.717, 1.165) is 50.1 Å². The average Bonchev–Trinajstić information content (AvgIpc) is 2.48. The first-order valence-electron chi connectivity index (χ1n) is 7.33. The minimum atomic E-state index is 0.0782. The average molecular weight is 276 g/mol. The second kappa shape index (κ2) is 7.41. The first kappa shape index (κ1) is 15.0. The van der Waals surface area contributed by atoms with Crippen LogP contribution in [0.5, 0.6) is 0 Å². The molecule has 4 heteroatoms. The molecule has 1 unspecified atom stereocenters. The van der Waals surface area contributed by atoms with Crippen LogP contribution in [0.2, 0.25) is 0 Å². The third-order valence-corrected chi connectivity index (χ3v) is 3.74. The van der Waals surface area contributed by atoms with Crippen LogP contribution in [0.4, 0.5) is 0 Å². The highest BCUT2D eigenvalue weighted by atomic mass is 16.5. The fraction of sp³-hybridized carbons (Fsp3) is 0.562. The van der Waals surface area contributed by atoms with Gasteiger partial charge in [-0.1, -0.05) is 12.1 Å². The van der Waals surface area contributed by atoms with E-state index in [1.54, 1.807) is 4.90 Å². The van der Waals surface area contributed by atoms with E-state index in [1.807, 2.05) is 31.3 Å². The molecular weight excluding hydrogens is 252 g/mol. The molecular formula is C16H24N2O2. The second-order valence-corrected chi connectivity index (χ2v) is 5.51. The molecule has 1 heterocycles. The summed E-state index contributed by atoms with van der Waals surface area (Å²) < 4.78 is 5.47. The van der Waals surface area contributed by atoms with Crippen LogP contribution in [0.3, 0.4) is 0 Å². The zero-order valence-electron chi connectivity index (χ0n) is 12.2. The number of rotatable bonds is 5. The van der Waals surface area contributed by atoms with Crippen LogP contribution < -0.4 is 5.73 Å². The van der Waals surface area contributed by atoms with Gasteiger partial charge in [-0.2, -0.15) is 0 Å². The van der Waals surface area contributed by atoms with Crippen molar-refractivity contribution in [1.82, 2.24) is 4.90 Å². The molecule has 0 spiro atoms. The van der Waals surface area contributed by atoms with Crippen molar-refractivity contribution in [3.8, 4) is 0 Å². The van der Waals surface area contributed by atoms with E-state index in [-0.39, 0.29) is 5.91 Å². The first-order chi connectivity index (χ1) is 9.70. The number of ether oxygens (including phenoxy) is 1. The van der Waals surface area contributed by atoms with Crippen LogP contribution in [0, 0.1) is 5.92 Å². The molecule has 0 aliphatic carbocycles. The highest BCUT2D eigenvalue weighted by Gasteiger charge is 2.19. The Morgan fingerprint density at radius 2 is 2.35 bits per heavy atom. The maximum atomic E-state index is 12.4. The number of carbonyl (C=O) groups is 1. The predicted molar refractivity (Wildman–Crippen MR) is 79.7 cm³/mol. The Morgan fingerprint density at radius 3 is 3.05 bits per heavy atom. The first-order valence-corrected chi connectivity index (χ1v) is 7.33. The quantitative estimate of drug-likeness (QED) is 0.890. The summed E-state index contributed by atoms with van der Waals surface area (Å²) in [6.45, 7) is 2.99. The molecule has 20 heavy (non-hydrogen) atoms. The highest BCUT2D eigenvalue weighted by Crippen LogP contribution is 2.16. The zero-order valence-corrected chi connectivity index (χ0v) is 12.2. The molecule has 1 fully saturated rings. The van der Waals surface area contributed by atoms with Crippen LogP contribution in [-0.4, -0.2) is 44.2 Å². The zero-order chi connectivity index (χ0) is 14.4. The van der Waals surface area contributed by atoms with E-state index in [0.29, 0.717) is 12.5 Å². The molecule has 0 radical (unpaired) electrons. The molecule has 110 valence electrons. The molecule has 1 amide bonds. The molecule has 1 aliphatic rings. The Kier molecular flexibility index (Phi) is 5.56. The standard InChI is InChI=1S/C16H24N2O2/c1-18(11-14-5-3-9-20-12-14)16(19)15-6-2-4-13(10-15)7-8-17/h2,4,6,10,14H,3,5,7-9,11-12,17H2,1H3. The monoisotopic (exact) mass is 276 g/mol. The molecule has 1 atom stereocenters. The Balaban J connectivity index is 1.96. The van der Waals surface area contributed by atoms with Crippen LogP contribution in [0.25, 0.3) is 0 Å². The molecule has 1 aromatic rings. The normalized spacial score (nSPS) is 18.8. The molecule has 0 bridgehead atoms. The van der Waals surface area contributed by atoms with Crippen LogP contribution in [-0.2, 0) is 11.2 Å². The number of hydrogen-bond acceptors (Lipinski definition) is 3. The molecule has 0 aromatic heterocycles. The van der Waals surface area contributed by atoms with Gasteiger partial charge in [0.1, 0.15) is 0 Å². The van der Waals surface area contributed by atoms with Gasteiger partial charge in [-0.05, 0) is 49.4 Å². The van der Waals surface area contributed by atoms with E-state index in [2.05, 4.69) is 0 Å². The van der Waals surface area contributed by atoms with Crippen molar-refractivity contribution in [2.45, 2.75) is 19.3 Å². The number of amides is 1. The van der Waals surface area contributed by atoms with Gasteiger partial charge < -0.3 is 15.4 Å². The predicted octanol–water partition coefficient (Wildman–Crippen LogP) is 1.69. The molecule has 2 N–H and O–H groups in total. The van der Waals surface area contributed by atoms with Crippen LogP contribution >= 0.6 is 0 Å². The summed E-state index contributed by atoms with van der Waals surface area (Å²) in [5, 5.41) is 0. The largest absolute Gasteiger partial charge is 0.381 e. The SMILES string of the molecule is CN(CC1CCCOC1)C(=O)c1cccc(CCN)c1. The van der Waals surface area contributed by atoms with Gasteiger partial charge in [0.15, 0.2) is 0 Å². The summed E-state index contributed by atoms with van der Waals surface area (Å²) >= 11 is 0. The van der Waals surface area contributed by atoms with Crippen LogP contribution in [0.15, 0.2) is 24.3 Å². The lowest BCUT2D eigenvalue weighted by Gasteiger charge is -2.27. The van der Waals surface area contributed by atoms with Gasteiger partial charge in [0, 0.05) is 25.8 Å². The van der Waals surface area contributed by atoms with Gasteiger partial charge in [0.05, 0.1) is 6.61 Å². The maximum absolute atomic E-state index is 12.4. The van der Waals surface area contributed by atoms with Crippen LogP contribution in [0.1, 0.15) is 28.8 Å². The lowest BCUT2D eigenvalue weighted by molar-refractivity contribution is 0.0388.